The maximum Gasteiger partial charge on any atom is 0.254 e. The van der Waals surface area contributed by atoms with Gasteiger partial charge in [-0.2, -0.15) is 0 Å². The molecule has 0 radical (unpaired) electrons. The molecule has 124 valence electrons. The van der Waals surface area contributed by atoms with Gasteiger partial charge >= 0.3 is 0 Å². The fourth-order valence-corrected chi connectivity index (χ4v) is 3.06. The van der Waals surface area contributed by atoms with Crippen molar-refractivity contribution in [1.82, 2.24) is 4.90 Å². The summed E-state index contributed by atoms with van der Waals surface area (Å²) in [5.74, 6) is 0.0884. The Morgan fingerprint density at radius 2 is 1.88 bits per heavy atom. The van der Waals surface area contributed by atoms with Crippen molar-refractivity contribution >= 4 is 17.5 Å². The van der Waals surface area contributed by atoms with E-state index in [-0.39, 0.29) is 17.9 Å². The van der Waals surface area contributed by atoms with E-state index in [4.69, 9.17) is 0 Å². The van der Waals surface area contributed by atoms with E-state index in [1.807, 2.05) is 62.5 Å². The number of rotatable bonds is 4. The minimum atomic E-state index is -0.0418. The Labute approximate surface area is 142 Å². The van der Waals surface area contributed by atoms with Crippen LogP contribution in [0.2, 0.25) is 0 Å². The number of benzene rings is 2. The van der Waals surface area contributed by atoms with Crippen LogP contribution in [0.1, 0.15) is 41.7 Å². The lowest BCUT2D eigenvalue weighted by atomic mass is 10.1. The van der Waals surface area contributed by atoms with E-state index < -0.39 is 0 Å². The zero-order valence-electron chi connectivity index (χ0n) is 14.1. The normalized spacial score (nSPS) is 15.4. The van der Waals surface area contributed by atoms with Crippen molar-refractivity contribution in [3.63, 3.8) is 0 Å². The molecule has 1 atom stereocenters. The van der Waals surface area contributed by atoms with E-state index in [2.05, 4.69) is 0 Å². The highest BCUT2D eigenvalue weighted by molar-refractivity contribution is 5.99. The van der Waals surface area contributed by atoms with Crippen molar-refractivity contribution in [1.29, 1.82) is 0 Å². The van der Waals surface area contributed by atoms with Gasteiger partial charge in [0.1, 0.15) is 0 Å². The minimum Gasteiger partial charge on any atom is -0.335 e. The molecule has 1 aliphatic rings. The summed E-state index contributed by atoms with van der Waals surface area (Å²) < 4.78 is 0. The molecule has 0 bridgehead atoms. The van der Waals surface area contributed by atoms with E-state index in [0.29, 0.717) is 12.0 Å². The Morgan fingerprint density at radius 1 is 1.12 bits per heavy atom. The van der Waals surface area contributed by atoms with Crippen LogP contribution in [0.3, 0.4) is 0 Å². The van der Waals surface area contributed by atoms with Gasteiger partial charge in [-0.05, 0) is 37.1 Å². The number of amides is 2. The Hall–Kier alpha value is -2.62. The summed E-state index contributed by atoms with van der Waals surface area (Å²) >= 11 is 0. The number of carbonyl (C=O) groups excluding carboxylic acids is 2. The molecule has 24 heavy (non-hydrogen) atoms. The van der Waals surface area contributed by atoms with Gasteiger partial charge in [0.05, 0.1) is 6.04 Å². The first-order valence-electron chi connectivity index (χ1n) is 8.30. The van der Waals surface area contributed by atoms with Gasteiger partial charge in [-0.15, -0.1) is 0 Å². The zero-order chi connectivity index (χ0) is 17.1. The molecular formula is C20H22N2O2. The van der Waals surface area contributed by atoms with E-state index in [9.17, 15) is 9.59 Å². The fraction of sp³-hybridized carbons (Fsp3) is 0.300. The quantitative estimate of drug-likeness (QED) is 0.862. The second-order valence-corrected chi connectivity index (χ2v) is 6.20. The summed E-state index contributed by atoms with van der Waals surface area (Å²) in [5, 5.41) is 0. The Morgan fingerprint density at radius 3 is 2.54 bits per heavy atom. The van der Waals surface area contributed by atoms with E-state index in [0.717, 1.165) is 24.2 Å². The predicted octanol–water partition coefficient (Wildman–Crippen LogP) is 3.65. The topological polar surface area (TPSA) is 40.6 Å². The smallest absolute Gasteiger partial charge is 0.254 e. The molecule has 1 saturated heterocycles. The van der Waals surface area contributed by atoms with Crippen molar-refractivity contribution in [3.05, 3.63) is 65.7 Å². The fourth-order valence-electron chi connectivity index (χ4n) is 3.06. The Bertz CT molecular complexity index is 742. The molecule has 2 aromatic carbocycles. The molecule has 0 aromatic heterocycles. The molecule has 0 N–H and O–H groups in total. The summed E-state index contributed by atoms with van der Waals surface area (Å²) in [7, 11) is 1.81. The van der Waals surface area contributed by atoms with Crippen LogP contribution in [0, 0.1) is 0 Å². The molecule has 2 aromatic rings. The first-order valence-corrected chi connectivity index (χ1v) is 8.30. The third kappa shape index (κ3) is 3.18. The third-order valence-electron chi connectivity index (χ3n) is 4.66. The van der Waals surface area contributed by atoms with E-state index >= 15 is 0 Å². The average Bonchev–Trinajstić information content (AvgIpc) is 3.06. The molecule has 1 aliphatic heterocycles. The van der Waals surface area contributed by atoms with Gasteiger partial charge < -0.3 is 9.80 Å². The van der Waals surface area contributed by atoms with Crippen LogP contribution < -0.4 is 4.90 Å². The summed E-state index contributed by atoms with van der Waals surface area (Å²) in [6, 6.07) is 17.3. The van der Waals surface area contributed by atoms with Gasteiger partial charge in [-0.1, -0.05) is 36.4 Å². The molecule has 2 amide bonds. The SMILES string of the molecule is CC(c1ccccc1)N(C)C(=O)c1cccc(N2CCCC2=O)c1. The lowest BCUT2D eigenvalue weighted by Gasteiger charge is -2.26. The van der Waals surface area contributed by atoms with E-state index in [1.54, 1.807) is 15.9 Å². The molecule has 0 aliphatic carbocycles. The minimum absolute atomic E-state index is 0.0178. The molecule has 3 rings (SSSR count). The standard InChI is InChI=1S/C20H22N2O2/c1-15(16-8-4-3-5-9-16)21(2)20(24)17-10-6-11-18(14-17)22-13-7-12-19(22)23/h3-6,8-11,14-15H,7,12-13H2,1-2H3. The highest BCUT2D eigenvalue weighted by Gasteiger charge is 2.24. The molecule has 0 saturated carbocycles. The van der Waals surface area contributed by atoms with Gasteiger partial charge in [0.2, 0.25) is 5.91 Å². The third-order valence-corrected chi connectivity index (χ3v) is 4.66. The van der Waals surface area contributed by atoms with Crippen LogP contribution >= 0.6 is 0 Å². The first-order chi connectivity index (χ1) is 11.6. The van der Waals surface area contributed by atoms with Crippen molar-refractivity contribution in [2.75, 3.05) is 18.5 Å². The molecule has 1 heterocycles. The van der Waals surface area contributed by atoms with Crippen molar-refractivity contribution in [2.45, 2.75) is 25.8 Å². The van der Waals surface area contributed by atoms with Crippen LogP contribution in [-0.2, 0) is 4.79 Å². The number of carbonyl (C=O) groups is 2. The maximum atomic E-state index is 12.8. The Balaban J connectivity index is 1.81. The van der Waals surface area contributed by atoms with Gasteiger partial charge in [0.25, 0.3) is 5.91 Å². The average molecular weight is 322 g/mol. The molecular weight excluding hydrogens is 300 g/mol. The summed E-state index contributed by atoms with van der Waals surface area (Å²) in [5.41, 5.74) is 2.51. The molecule has 1 fully saturated rings. The predicted molar refractivity (Wildman–Crippen MR) is 95.0 cm³/mol. The lowest BCUT2D eigenvalue weighted by Crippen LogP contribution is -2.30. The van der Waals surface area contributed by atoms with Crippen LogP contribution in [0.5, 0.6) is 0 Å². The Kier molecular flexibility index (Phi) is 4.65. The number of anilines is 1. The number of nitrogens with zero attached hydrogens (tertiary/aromatic N) is 2. The van der Waals surface area contributed by atoms with Gasteiger partial charge in [0, 0.05) is 31.3 Å². The number of hydrogen-bond acceptors (Lipinski definition) is 2. The van der Waals surface area contributed by atoms with Crippen LogP contribution in [0.15, 0.2) is 54.6 Å². The summed E-state index contributed by atoms with van der Waals surface area (Å²) in [6.45, 7) is 2.74. The van der Waals surface area contributed by atoms with Crippen molar-refractivity contribution in [3.8, 4) is 0 Å². The molecule has 4 nitrogen and oxygen atoms in total. The van der Waals surface area contributed by atoms with Gasteiger partial charge in [0.15, 0.2) is 0 Å². The van der Waals surface area contributed by atoms with Crippen LogP contribution in [0.25, 0.3) is 0 Å². The zero-order valence-corrected chi connectivity index (χ0v) is 14.1. The second kappa shape index (κ2) is 6.87. The molecule has 1 unspecified atom stereocenters. The first kappa shape index (κ1) is 16.2. The highest BCUT2D eigenvalue weighted by atomic mass is 16.2. The van der Waals surface area contributed by atoms with E-state index in [1.165, 1.54) is 0 Å². The largest absolute Gasteiger partial charge is 0.335 e. The molecule has 0 spiro atoms. The van der Waals surface area contributed by atoms with Crippen LogP contribution in [0.4, 0.5) is 5.69 Å². The van der Waals surface area contributed by atoms with Crippen molar-refractivity contribution < 1.29 is 9.59 Å². The van der Waals surface area contributed by atoms with Gasteiger partial charge in [-0.25, -0.2) is 0 Å². The maximum absolute atomic E-state index is 12.8. The van der Waals surface area contributed by atoms with Crippen molar-refractivity contribution in [2.24, 2.45) is 0 Å². The molecule has 4 heteroatoms. The van der Waals surface area contributed by atoms with Gasteiger partial charge in [-0.3, -0.25) is 9.59 Å². The summed E-state index contributed by atoms with van der Waals surface area (Å²) in [4.78, 5) is 28.2. The second-order valence-electron chi connectivity index (χ2n) is 6.20. The monoisotopic (exact) mass is 322 g/mol. The summed E-state index contributed by atoms with van der Waals surface area (Å²) in [6.07, 6.45) is 1.46. The van der Waals surface area contributed by atoms with Crippen LogP contribution in [-0.4, -0.2) is 30.3 Å². The number of hydrogen-bond donors (Lipinski definition) is 0. The lowest BCUT2D eigenvalue weighted by molar-refractivity contribution is -0.117. The highest BCUT2D eigenvalue weighted by Crippen LogP contribution is 2.25.